The highest BCUT2D eigenvalue weighted by molar-refractivity contribution is 5.34. The van der Waals surface area contributed by atoms with Crippen molar-refractivity contribution in [1.29, 1.82) is 0 Å². The minimum absolute atomic E-state index is 0.0773. The molecule has 0 bridgehead atoms. The van der Waals surface area contributed by atoms with Crippen molar-refractivity contribution in [1.82, 2.24) is 5.32 Å². The highest BCUT2D eigenvalue weighted by Crippen LogP contribution is 2.15. The molecule has 0 radical (unpaired) electrons. The van der Waals surface area contributed by atoms with Crippen molar-refractivity contribution >= 4 is 5.69 Å². The van der Waals surface area contributed by atoms with E-state index in [1.54, 1.807) is 6.07 Å². The van der Waals surface area contributed by atoms with E-state index in [-0.39, 0.29) is 5.69 Å². The van der Waals surface area contributed by atoms with Crippen LogP contribution in [0, 0.1) is 17.0 Å². The zero-order valence-electron chi connectivity index (χ0n) is 11.8. The first-order chi connectivity index (χ1) is 10.1. The number of nitrogens with one attached hydrogen (secondary N) is 1. The Morgan fingerprint density at radius 2 is 2.00 bits per heavy atom. The molecule has 0 aliphatic heterocycles. The van der Waals surface area contributed by atoms with E-state index in [9.17, 15) is 15.2 Å². The summed E-state index contributed by atoms with van der Waals surface area (Å²) in [6.07, 6.45) is -0.594. The van der Waals surface area contributed by atoms with Crippen LogP contribution in [0.3, 0.4) is 0 Å². The first kappa shape index (κ1) is 15.2. The molecule has 0 aliphatic carbocycles. The lowest BCUT2D eigenvalue weighted by Crippen LogP contribution is -2.21. The van der Waals surface area contributed by atoms with E-state index in [4.69, 9.17) is 0 Å². The first-order valence-corrected chi connectivity index (χ1v) is 6.75. The lowest BCUT2D eigenvalue weighted by Gasteiger charge is -2.13. The maximum Gasteiger partial charge on any atom is 0.269 e. The molecule has 0 heterocycles. The number of nitrogens with zero attached hydrogens (tertiary/aromatic N) is 1. The van der Waals surface area contributed by atoms with Crippen LogP contribution in [0.2, 0.25) is 0 Å². The molecule has 0 spiro atoms. The lowest BCUT2D eigenvalue weighted by molar-refractivity contribution is -0.384. The van der Waals surface area contributed by atoms with Gasteiger partial charge in [-0.15, -0.1) is 0 Å². The molecule has 2 rings (SSSR count). The van der Waals surface area contributed by atoms with Gasteiger partial charge in [-0.25, -0.2) is 0 Å². The quantitative estimate of drug-likeness (QED) is 0.632. The van der Waals surface area contributed by atoms with Crippen molar-refractivity contribution < 1.29 is 10.0 Å². The van der Waals surface area contributed by atoms with E-state index in [1.165, 1.54) is 12.1 Å². The summed E-state index contributed by atoms with van der Waals surface area (Å²) in [6.45, 7) is 2.85. The Labute approximate surface area is 123 Å². The highest BCUT2D eigenvalue weighted by atomic mass is 16.6. The van der Waals surface area contributed by atoms with Gasteiger partial charge in [-0.1, -0.05) is 42.0 Å². The molecule has 110 valence electrons. The van der Waals surface area contributed by atoms with Gasteiger partial charge in [-0.05, 0) is 18.1 Å². The number of aliphatic hydroxyl groups excluding tert-OH is 1. The van der Waals surface area contributed by atoms with Gasteiger partial charge in [-0.2, -0.15) is 0 Å². The number of hydrogen-bond donors (Lipinski definition) is 2. The number of non-ortho nitro benzene ring substituents is 1. The average molecular weight is 286 g/mol. The van der Waals surface area contributed by atoms with Crippen LogP contribution in [0.25, 0.3) is 0 Å². The van der Waals surface area contributed by atoms with Gasteiger partial charge >= 0.3 is 0 Å². The van der Waals surface area contributed by atoms with E-state index in [0.717, 1.165) is 16.7 Å². The smallest absolute Gasteiger partial charge is 0.269 e. The van der Waals surface area contributed by atoms with Crippen LogP contribution in [0.15, 0.2) is 48.5 Å². The van der Waals surface area contributed by atoms with Crippen LogP contribution < -0.4 is 5.32 Å². The Hall–Kier alpha value is -2.24. The third kappa shape index (κ3) is 4.37. The van der Waals surface area contributed by atoms with E-state index in [0.29, 0.717) is 13.1 Å². The molecule has 5 nitrogen and oxygen atoms in total. The third-order valence-electron chi connectivity index (χ3n) is 3.22. The van der Waals surface area contributed by atoms with Crippen molar-refractivity contribution in [2.24, 2.45) is 0 Å². The molecule has 2 N–H and O–H groups in total. The summed E-state index contributed by atoms with van der Waals surface area (Å²) in [5.41, 5.74) is 2.86. The Balaban J connectivity index is 1.89. The molecule has 2 aromatic carbocycles. The van der Waals surface area contributed by atoms with Crippen LogP contribution in [0.1, 0.15) is 22.8 Å². The molecule has 0 saturated carbocycles. The summed E-state index contributed by atoms with van der Waals surface area (Å²) in [6, 6.07) is 14.2. The normalized spacial score (nSPS) is 12.1. The summed E-state index contributed by atoms with van der Waals surface area (Å²) in [7, 11) is 0. The Morgan fingerprint density at radius 3 is 2.71 bits per heavy atom. The number of rotatable bonds is 6. The number of aryl methyl sites for hydroxylation is 1. The molecule has 0 aromatic heterocycles. The fourth-order valence-corrected chi connectivity index (χ4v) is 2.13. The first-order valence-electron chi connectivity index (χ1n) is 6.75. The summed E-state index contributed by atoms with van der Waals surface area (Å²) in [5.74, 6) is 0. The van der Waals surface area contributed by atoms with Gasteiger partial charge in [-0.3, -0.25) is 10.1 Å². The second-order valence-corrected chi connectivity index (χ2v) is 4.99. The topological polar surface area (TPSA) is 75.4 Å². The third-order valence-corrected chi connectivity index (χ3v) is 3.22. The molecule has 0 aliphatic rings. The monoisotopic (exact) mass is 286 g/mol. The number of benzene rings is 2. The number of nitro groups is 1. The molecular weight excluding hydrogens is 268 g/mol. The summed E-state index contributed by atoms with van der Waals surface area (Å²) >= 11 is 0. The molecule has 2 aromatic rings. The Morgan fingerprint density at radius 1 is 1.24 bits per heavy atom. The molecule has 0 fully saturated rings. The SMILES string of the molecule is Cc1cccc(C(O)CNCc2cccc([N+](=O)[O-])c2)c1. The molecule has 1 unspecified atom stereocenters. The standard InChI is InChI=1S/C16H18N2O3/c1-12-4-2-6-14(8-12)16(19)11-17-10-13-5-3-7-15(9-13)18(20)21/h2-9,16-17,19H,10-11H2,1H3. The van der Waals surface area contributed by atoms with Crippen LogP contribution >= 0.6 is 0 Å². The van der Waals surface area contributed by atoms with Crippen LogP contribution in [-0.2, 0) is 6.54 Å². The van der Waals surface area contributed by atoms with Gasteiger partial charge < -0.3 is 10.4 Å². The Bertz CT molecular complexity index is 628. The molecule has 0 amide bonds. The van der Waals surface area contributed by atoms with Gasteiger partial charge in [0.15, 0.2) is 0 Å². The maximum atomic E-state index is 10.7. The summed E-state index contributed by atoms with van der Waals surface area (Å²) < 4.78 is 0. The molecule has 21 heavy (non-hydrogen) atoms. The average Bonchev–Trinajstić information content (AvgIpc) is 2.47. The summed E-state index contributed by atoms with van der Waals surface area (Å²) in [4.78, 5) is 10.3. The van der Waals surface area contributed by atoms with Crippen molar-refractivity contribution in [3.8, 4) is 0 Å². The maximum absolute atomic E-state index is 10.7. The Kier molecular flexibility index (Phi) is 5.03. The lowest BCUT2D eigenvalue weighted by atomic mass is 10.1. The highest BCUT2D eigenvalue weighted by Gasteiger charge is 2.08. The zero-order valence-corrected chi connectivity index (χ0v) is 11.8. The van der Waals surface area contributed by atoms with E-state index in [2.05, 4.69) is 5.32 Å². The summed E-state index contributed by atoms with van der Waals surface area (Å²) in [5, 5.41) is 23.9. The van der Waals surface area contributed by atoms with Crippen molar-refractivity contribution in [3.05, 3.63) is 75.3 Å². The predicted octanol–water partition coefficient (Wildman–Crippen LogP) is 2.73. The van der Waals surface area contributed by atoms with E-state index < -0.39 is 11.0 Å². The van der Waals surface area contributed by atoms with Gasteiger partial charge in [0.05, 0.1) is 11.0 Å². The van der Waals surface area contributed by atoms with E-state index >= 15 is 0 Å². The van der Waals surface area contributed by atoms with Gasteiger partial charge in [0.1, 0.15) is 0 Å². The van der Waals surface area contributed by atoms with Crippen LogP contribution in [-0.4, -0.2) is 16.6 Å². The largest absolute Gasteiger partial charge is 0.387 e. The van der Waals surface area contributed by atoms with Crippen LogP contribution in [0.5, 0.6) is 0 Å². The molecule has 0 saturated heterocycles. The fourth-order valence-electron chi connectivity index (χ4n) is 2.13. The minimum Gasteiger partial charge on any atom is -0.387 e. The van der Waals surface area contributed by atoms with Gasteiger partial charge in [0.2, 0.25) is 0 Å². The fraction of sp³-hybridized carbons (Fsp3) is 0.250. The second-order valence-electron chi connectivity index (χ2n) is 4.99. The molecule has 5 heteroatoms. The number of aliphatic hydroxyl groups is 1. The van der Waals surface area contributed by atoms with E-state index in [1.807, 2.05) is 37.3 Å². The van der Waals surface area contributed by atoms with Crippen LogP contribution in [0.4, 0.5) is 5.69 Å². The number of hydrogen-bond acceptors (Lipinski definition) is 4. The van der Waals surface area contributed by atoms with Crippen molar-refractivity contribution in [2.75, 3.05) is 6.54 Å². The molecular formula is C16H18N2O3. The van der Waals surface area contributed by atoms with Crippen molar-refractivity contribution in [3.63, 3.8) is 0 Å². The number of nitro benzene ring substituents is 1. The van der Waals surface area contributed by atoms with Gasteiger partial charge in [0, 0.05) is 25.2 Å². The van der Waals surface area contributed by atoms with Gasteiger partial charge in [0.25, 0.3) is 5.69 Å². The molecule has 1 atom stereocenters. The minimum atomic E-state index is -0.594. The second kappa shape index (κ2) is 6.97. The van der Waals surface area contributed by atoms with Crippen molar-refractivity contribution in [2.45, 2.75) is 19.6 Å². The zero-order chi connectivity index (χ0) is 15.2. The predicted molar refractivity (Wildman–Crippen MR) is 80.9 cm³/mol.